The van der Waals surface area contributed by atoms with Gasteiger partial charge in [0, 0.05) is 21.5 Å². The zero-order chi connectivity index (χ0) is 17.9. The predicted molar refractivity (Wildman–Crippen MR) is 98.9 cm³/mol. The van der Waals surface area contributed by atoms with Gasteiger partial charge in [0.15, 0.2) is 0 Å². The fourth-order valence-electron chi connectivity index (χ4n) is 2.33. The van der Waals surface area contributed by atoms with E-state index in [-0.39, 0.29) is 5.91 Å². The van der Waals surface area contributed by atoms with Gasteiger partial charge in [0.2, 0.25) is 5.91 Å². The topological polar surface area (TPSA) is 55.4 Å². The molecule has 6 heteroatoms. The van der Waals surface area contributed by atoms with Gasteiger partial charge >= 0.3 is 5.97 Å². The Hall–Kier alpha value is -2.11. The number of halogens is 1. The minimum Gasteiger partial charge on any atom is -0.465 e. The number of carbonyl (C=O) groups excluding carboxylic acids is 2. The fourth-order valence-corrected chi connectivity index (χ4v) is 3.59. The van der Waals surface area contributed by atoms with Crippen molar-refractivity contribution >= 4 is 39.8 Å². The molecule has 0 saturated heterocycles. The van der Waals surface area contributed by atoms with E-state index in [0.717, 1.165) is 21.6 Å². The molecule has 2 aromatic rings. The van der Waals surface area contributed by atoms with Gasteiger partial charge in [0.25, 0.3) is 0 Å². The van der Waals surface area contributed by atoms with Crippen molar-refractivity contribution in [3.63, 3.8) is 0 Å². The van der Waals surface area contributed by atoms with E-state index in [1.807, 2.05) is 32.9 Å². The largest absolute Gasteiger partial charge is 0.465 e. The summed E-state index contributed by atoms with van der Waals surface area (Å²) < 4.78 is 4.91. The first-order chi connectivity index (χ1) is 11.3. The molecule has 0 spiro atoms. The van der Waals surface area contributed by atoms with Gasteiger partial charge in [-0.15, -0.1) is 11.3 Å². The summed E-state index contributed by atoms with van der Waals surface area (Å²) in [5.41, 5.74) is 2.74. The maximum absolute atomic E-state index is 12.3. The minimum atomic E-state index is -0.498. The molecular formula is C18H18ClNO3S. The quantitative estimate of drug-likeness (QED) is 0.609. The van der Waals surface area contributed by atoms with Gasteiger partial charge in [-0.2, -0.15) is 0 Å². The Kier molecular flexibility index (Phi) is 5.80. The maximum atomic E-state index is 12.3. The molecule has 1 amide bonds. The number of allylic oxidation sites excluding steroid dienone is 1. The summed E-state index contributed by atoms with van der Waals surface area (Å²) in [5.74, 6) is -0.777. The van der Waals surface area contributed by atoms with Crippen LogP contribution >= 0.6 is 22.9 Å². The van der Waals surface area contributed by atoms with Crippen LogP contribution in [-0.4, -0.2) is 19.0 Å². The van der Waals surface area contributed by atoms with E-state index in [4.69, 9.17) is 16.3 Å². The van der Waals surface area contributed by atoms with Crippen LogP contribution in [0.3, 0.4) is 0 Å². The summed E-state index contributed by atoms with van der Waals surface area (Å²) in [4.78, 5) is 25.3. The molecule has 126 valence electrons. The van der Waals surface area contributed by atoms with Crippen molar-refractivity contribution in [3.05, 3.63) is 51.4 Å². The monoisotopic (exact) mass is 363 g/mol. The van der Waals surface area contributed by atoms with Crippen LogP contribution in [0.15, 0.2) is 35.9 Å². The SMILES string of the molecule is COC(=O)c1c(NC(=O)C=C(C)C)sc(C)c1-c1cccc(Cl)c1. The number of nitrogens with one attached hydrogen (secondary N) is 1. The second-order valence-electron chi connectivity index (χ2n) is 5.45. The van der Waals surface area contributed by atoms with Gasteiger partial charge in [0.1, 0.15) is 10.6 Å². The average molecular weight is 364 g/mol. The summed E-state index contributed by atoms with van der Waals surface area (Å²) >= 11 is 7.41. The van der Waals surface area contributed by atoms with Crippen molar-refractivity contribution in [1.82, 2.24) is 0 Å². The third-order valence-electron chi connectivity index (χ3n) is 3.24. The lowest BCUT2D eigenvalue weighted by molar-refractivity contribution is -0.111. The Morgan fingerprint density at radius 3 is 2.58 bits per heavy atom. The number of amides is 1. The van der Waals surface area contributed by atoms with Gasteiger partial charge in [-0.3, -0.25) is 4.79 Å². The molecule has 2 rings (SSSR count). The predicted octanol–water partition coefficient (Wildman–Crippen LogP) is 5.07. The van der Waals surface area contributed by atoms with Crippen molar-refractivity contribution in [2.24, 2.45) is 0 Å². The van der Waals surface area contributed by atoms with Crippen LogP contribution < -0.4 is 5.32 Å². The molecule has 0 bridgehead atoms. The molecule has 1 aromatic carbocycles. The van der Waals surface area contributed by atoms with Crippen LogP contribution in [0.5, 0.6) is 0 Å². The molecule has 0 aliphatic rings. The van der Waals surface area contributed by atoms with E-state index in [0.29, 0.717) is 15.6 Å². The van der Waals surface area contributed by atoms with E-state index in [1.54, 1.807) is 12.1 Å². The van der Waals surface area contributed by atoms with E-state index in [9.17, 15) is 9.59 Å². The van der Waals surface area contributed by atoms with Gasteiger partial charge in [-0.25, -0.2) is 4.79 Å². The summed E-state index contributed by atoms with van der Waals surface area (Å²) in [5, 5.41) is 3.81. The van der Waals surface area contributed by atoms with E-state index in [1.165, 1.54) is 24.5 Å². The van der Waals surface area contributed by atoms with Gasteiger partial charge in [-0.05, 0) is 38.5 Å². The summed E-state index contributed by atoms with van der Waals surface area (Å²) in [6, 6.07) is 7.24. The molecular weight excluding hydrogens is 346 g/mol. The molecule has 0 unspecified atom stereocenters. The number of methoxy groups -OCH3 is 1. The first-order valence-electron chi connectivity index (χ1n) is 7.27. The lowest BCUT2D eigenvalue weighted by atomic mass is 10.0. The van der Waals surface area contributed by atoms with E-state index >= 15 is 0 Å². The van der Waals surface area contributed by atoms with Crippen molar-refractivity contribution in [1.29, 1.82) is 0 Å². The third kappa shape index (κ3) is 4.04. The average Bonchev–Trinajstić information content (AvgIpc) is 2.81. The highest BCUT2D eigenvalue weighted by Crippen LogP contribution is 2.40. The standard InChI is InChI=1S/C18H18ClNO3S/c1-10(2)8-14(21)20-17-16(18(22)23-4)15(11(3)24-17)12-6-5-7-13(19)9-12/h5-9H,1-4H3,(H,20,21). The van der Waals surface area contributed by atoms with Crippen molar-refractivity contribution in [3.8, 4) is 11.1 Å². The Morgan fingerprint density at radius 2 is 2.00 bits per heavy atom. The molecule has 1 aromatic heterocycles. The lowest BCUT2D eigenvalue weighted by Crippen LogP contribution is -2.12. The minimum absolute atomic E-state index is 0.279. The third-order valence-corrected chi connectivity index (χ3v) is 4.50. The first kappa shape index (κ1) is 18.2. The summed E-state index contributed by atoms with van der Waals surface area (Å²) in [7, 11) is 1.32. The van der Waals surface area contributed by atoms with Crippen LogP contribution in [0, 0.1) is 6.92 Å². The second-order valence-corrected chi connectivity index (χ2v) is 7.11. The molecule has 0 aliphatic carbocycles. The summed E-state index contributed by atoms with van der Waals surface area (Å²) in [6.07, 6.45) is 1.48. The first-order valence-corrected chi connectivity index (χ1v) is 8.46. The number of benzene rings is 1. The molecule has 0 radical (unpaired) electrons. The molecule has 0 fully saturated rings. The zero-order valence-electron chi connectivity index (χ0n) is 13.9. The van der Waals surface area contributed by atoms with Crippen LogP contribution in [0.4, 0.5) is 5.00 Å². The highest BCUT2D eigenvalue weighted by atomic mass is 35.5. The smallest absolute Gasteiger partial charge is 0.341 e. The maximum Gasteiger partial charge on any atom is 0.341 e. The molecule has 0 aliphatic heterocycles. The van der Waals surface area contributed by atoms with Gasteiger partial charge in [0.05, 0.1) is 7.11 Å². The van der Waals surface area contributed by atoms with Crippen LogP contribution in [0.25, 0.3) is 11.1 Å². The molecule has 1 N–H and O–H groups in total. The highest BCUT2D eigenvalue weighted by Gasteiger charge is 2.24. The van der Waals surface area contributed by atoms with E-state index in [2.05, 4.69) is 5.32 Å². The van der Waals surface area contributed by atoms with E-state index < -0.39 is 5.97 Å². The van der Waals surface area contributed by atoms with Gasteiger partial charge < -0.3 is 10.1 Å². The Morgan fingerprint density at radius 1 is 1.29 bits per heavy atom. The highest BCUT2D eigenvalue weighted by molar-refractivity contribution is 7.17. The van der Waals surface area contributed by atoms with Crippen LogP contribution in [0.2, 0.25) is 5.02 Å². The number of hydrogen-bond acceptors (Lipinski definition) is 4. The van der Waals surface area contributed by atoms with Crippen molar-refractivity contribution < 1.29 is 14.3 Å². The normalized spacial score (nSPS) is 10.2. The molecule has 4 nitrogen and oxygen atoms in total. The Balaban J connectivity index is 2.58. The number of aryl methyl sites for hydroxylation is 1. The molecule has 0 saturated carbocycles. The summed E-state index contributed by atoms with van der Waals surface area (Å²) in [6.45, 7) is 5.56. The van der Waals surface area contributed by atoms with Crippen molar-refractivity contribution in [2.75, 3.05) is 12.4 Å². The molecule has 1 heterocycles. The van der Waals surface area contributed by atoms with Crippen molar-refractivity contribution in [2.45, 2.75) is 20.8 Å². The van der Waals surface area contributed by atoms with Crippen LogP contribution in [0.1, 0.15) is 29.1 Å². The van der Waals surface area contributed by atoms with Gasteiger partial charge in [-0.1, -0.05) is 29.3 Å². The fraction of sp³-hybridized carbons (Fsp3) is 0.222. The molecule has 24 heavy (non-hydrogen) atoms. The zero-order valence-corrected chi connectivity index (χ0v) is 15.5. The number of rotatable bonds is 4. The number of hydrogen-bond donors (Lipinski definition) is 1. The molecule has 0 atom stereocenters. The number of ether oxygens (including phenoxy) is 1. The number of carbonyl (C=O) groups is 2. The number of thiophene rings is 1. The lowest BCUT2D eigenvalue weighted by Gasteiger charge is -2.07. The second kappa shape index (κ2) is 7.64. The number of anilines is 1. The Labute approximate surface area is 150 Å². The number of esters is 1. The Bertz CT molecular complexity index is 820. The van der Waals surface area contributed by atoms with Crippen LogP contribution in [-0.2, 0) is 9.53 Å².